The predicted molar refractivity (Wildman–Crippen MR) is 62.7 cm³/mol. The van der Waals surface area contributed by atoms with Gasteiger partial charge in [-0.2, -0.15) is 5.48 Å². The zero-order valence-corrected chi connectivity index (χ0v) is 10.9. The van der Waals surface area contributed by atoms with Crippen LogP contribution in [0.4, 0.5) is 0 Å². The fourth-order valence-corrected chi connectivity index (χ4v) is 2.74. The first-order chi connectivity index (χ1) is 6.56. The molecule has 5 heteroatoms. The second-order valence-corrected chi connectivity index (χ2v) is 4.56. The summed E-state index contributed by atoms with van der Waals surface area (Å²) in [5, 5.41) is 1.22. The van der Waals surface area contributed by atoms with Gasteiger partial charge in [-0.1, -0.05) is 39.1 Å². The van der Waals surface area contributed by atoms with Crippen molar-refractivity contribution in [1.29, 1.82) is 0 Å². The van der Waals surface area contributed by atoms with Crippen LogP contribution < -0.4 is 5.48 Å². The topological polar surface area (TPSA) is 21.3 Å². The summed E-state index contributed by atoms with van der Waals surface area (Å²) in [6.45, 7) is 1.92. The summed E-state index contributed by atoms with van der Waals surface area (Å²) in [6.07, 6.45) is 0. The van der Waals surface area contributed by atoms with E-state index in [2.05, 4.69) is 21.4 Å². The van der Waals surface area contributed by atoms with Crippen molar-refractivity contribution >= 4 is 39.1 Å². The van der Waals surface area contributed by atoms with Gasteiger partial charge in [0.15, 0.2) is 0 Å². The molecule has 0 aliphatic heterocycles. The molecule has 0 bridgehead atoms. The number of hydroxylamine groups is 1. The minimum absolute atomic E-state index is 0.0481. The van der Waals surface area contributed by atoms with Crippen LogP contribution >= 0.6 is 39.1 Å². The third kappa shape index (κ3) is 2.84. The average molecular weight is 299 g/mol. The Hall–Kier alpha value is 0.200. The Kier molecular flexibility index (Phi) is 4.67. The molecule has 1 N–H and O–H groups in total. The fourth-order valence-electron chi connectivity index (χ4n) is 1.20. The molecule has 0 saturated carbocycles. The molecule has 1 aromatic carbocycles. The maximum atomic E-state index is 6.06. The van der Waals surface area contributed by atoms with Gasteiger partial charge in [0.2, 0.25) is 0 Å². The molecule has 0 saturated heterocycles. The predicted octanol–water partition coefficient (Wildman–Crippen LogP) is 3.97. The average Bonchev–Trinajstić information content (AvgIpc) is 2.01. The lowest BCUT2D eigenvalue weighted by Gasteiger charge is -2.15. The highest BCUT2D eigenvalue weighted by atomic mass is 79.9. The normalized spacial score (nSPS) is 12.9. The van der Waals surface area contributed by atoms with Crippen molar-refractivity contribution in [3.8, 4) is 0 Å². The van der Waals surface area contributed by atoms with E-state index in [1.807, 2.05) is 6.92 Å². The van der Waals surface area contributed by atoms with Crippen LogP contribution in [0.5, 0.6) is 0 Å². The fraction of sp³-hybridized carbons (Fsp3) is 0.333. The Labute approximate surface area is 102 Å². The lowest BCUT2D eigenvalue weighted by Crippen LogP contribution is -2.17. The quantitative estimate of drug-likeness (QED) is 0.853. The van der Waals surface area contributed by atoms with Crippen molar-refractivity contribution < 1.29 is 4.84 Å². The lowest BCUT2D eigenvalue weighted by atomic mass is 10.1. The van der Waals surface area contributed by atoms with Gasteiger partial charge >= 0.3 is 0 Å². The van der Waals surface area contributed by atoms with Crippen molar-refractivity contribution in [2.45, 2.75) is 13.0 Å². The van der Waals surface area contributed by atoms with Crippen LogP contribution in [0.25, 0.3) is 0 Å². The van der Waals surface area contributed by atoms with E-state index in [9.17, 15) is 0 Å². The van der Waals surface area contributed by atoms with E-state index in [0.29, 0.717) is 10.0 Å². The molecule has 1 atom stereocenters. The minimum atomic E-state index is -0.0481. The first-order valence-electron chi connectivity index (χ1n) is 3.99. The van der Waals surface area contributed by atoms with Gasteiger partial charge in [0.25, 0.3) is 0 Å². The van der Waals surface area contributed by atoms with E-state index in [0.717, 1.165) is 10.0 Å². The molecule has 1 rings (SSSR count). The standard InChI is InChI=1S/C9H10BrCl2NO/c1-5(13-14-2)9-7(11)3-6(10)4-8(9)12/h3-5,13H,1-2H3. The van der Waals surface area contributed by atoms with Gasteiger partial charge in [-0.3, -0.25) is 0 Å². The van der Waals surface area contributed by atoms with Crippen LogP contribution in [0, 0.1) is 0 Å². The van der Waals surface area contributed by atoms with Crippen molar-refractivity contribution in [3.05, 3.63) is 32.2 Å². The van der Waals surface area contributed by atoms with Gasteiger partial charge in [-0.15, -0.1) is 0 Å². The van der Waals surface area contributed by atoms with E-state index in [-0.39, 0.29) is 6.04 Å². The van der Waals surface area contributed by atoms with Gasteiger partial charge in [-0.25, -0.2) is 0 Å². The summed E-state index contributed by atoms with van der Waals surface area (Å²) in [5.74, 6) is 0. The molecule has 14 heavy (non-hydrogen) atoms. The first kappa shape index (κ1) is 12.3. The SMILES string of the molecule is CONC(C)c1c(Cl)cc(Br)cc1Cl. The molecular weight excluding hydrogens is 289 g/mol. The zero-order valence-electron chi connectivity index (χ0n) is 7.77. The Morgan fingerprint density at radius 2 is 1.86 bits per heavy atom. The molecule has 2 nitrogen and oxygen atoms in total. The number of hydrogen-bond acceptors (Lipinski definition) is 2. The van der Waals surface area contributed by atoms with Gasteiger partial charge in [0.05, 0.1) is 13.2 Å². The van der Waals surface area contributed by atoms with Gasteiger partial charge in [-0.05, 0) is 19.1 Å². The monoisotopic (exact) mass is 297 g/mol. The summed E-state index contributed by atoms with van der Waals surface area (Å²) in [4.78, 5) is 4.82. The van der Waals surface area contributed by atoms with E-state index >= 15 is 0 Å². The van der Waals surface area contributed by atoms with Crippen LogP contribution in [0.1, 0.15) is 18.5 Å². The molecule has 0 radical (unpaired) electrons. The Morgan fingerprint density at radius 3 is 2.29 bits per heavy atom. The van der Waals surface area contributed by atoms with Crippen LogP contribution in [-0.4, -0.2) is 7.11 Å². The number of rotatable bonds is 3. The third-order valence-electron chi connectivity index (χ3n) is 1.77. The molecule has 1 unspecified atom stereocenters. The zero-order chi connectivity index (χ0) is 10.7. The summed E-state index contributed by atoms with van der Waals surface area (Å²) in [6, 6.07) is 3.56. The molecule has 0 aliphatic carbocycles. The molecule has 0 aromatic heterocycles. The van der Waals surface area contributed by atoms with E-state index in [4.69, 9.17) is 28.0 Å². The number of benzene rings is 1. The van der Waals surface area contributed by atoms with Crippen molar-refractivity contribution in [2.75, 3.05) is 7.11 Å². The molecule has 0 heterocycles. The third-order valence-corrected chi connectivity index (χ3v) is 2.85. The second kappa shape index (κ2) is 5.33. The van der Waals surface area contributed by atoms with Crippen LogP contribution in [0.15, 0.2) is 16.6 Å². The number of hydrogen-bond donors (Lipinski definition) is 1. The van der Waals surface area contributed by atoms with Crippen LogP contribution in [0.2, 0.25) is 10.0 Å². The van der Waals surface area contributed by atoms with Crippen molar-refractivity contribution in [1.82, 2.24) is 5.48 Å². The Morgan fingerprint density at radius 1 is 1.36 bits per heavy atom. The Balaban J connectivity index is 3.07. The summed E-state index contributed by atoms with van der Waals surface area (Å²) < 4.78 is 0.862. The molecule has 0 spiro atoms. The molecule has 1 aromatic rings. The summed E-state index contributed by atoms with van der Waals surface area (Å²) >= 11 is 15.4. The maximum Gasteiger partial charge on any atom is 0.0572 e. The van der Waals surface area contributed by atoms with Crippen molar-refractivity contribution in [2.24, 2.45) is 0 Å². The molecule has 78 valence electrons. The Bertz CT molecular complexity index is 310. The van der Waals surface area contributed by atoms with E-state index in [1.54, 1.807) is 19.2 Å². The van der Waals surface area contributed by atoms with E-state index < -0.39 is 0 Å². The number of nitrogens with one attached hydrogen (secondary N) is 1. The van der Waals surface area contributed by atoms with E-state index in [1.165, 1.54) is 0 Å². The summed E-state index contributed by atoms with van der Waals surface area (Å²) in [7, 11) is 1.55. The smallest absolute Gasteiger partial charge is 0.0572 e. The molecule has 0 aliphatic rings. The minimum Gasteiger partial charge on any atom is -0.305 e. The highest BCUT2D eigenvalue weighted by Gasteiger charge is 2.14. The van der Waals surface area contributed by atoms with Crippen molar-refractivity contribution in [3.63, 3.8) is 0 Å². The molecular formula is C9H10BrCl2NO. The highest BCUT2D eigenvalue weighted by Crippen LogP contribution is 2.33. The van der Waals surface area contributed by atoms with Crippen LogP contribution in [0.3, 0.4) is 0 Å². The lowest BCUT2D eigenvalue weighted by molar-refractivity contribution is 0.0659. The first-order valence-corrected chi connectivity index (χ1v) is 5.54. The maximum absolute atomic E-state index is 6.06. The number of halogens is 3. The molecule has 0 amide bonds. The molecule has 0 fully saturated rings. The largest absolute Gasteiger partial charge is 0.305 e. The van der Waals surface area contributed by atoms with Gasteiger partial charge < -0.3 is 4.84 Å². The summed E-state index contributed by atoms with van der Waals surface area (Å²) in [5.41, 5.74) is 3.61. The van der Waals surface area contributed by atoms with Gasteiger partial charge in [0, 0.05) is 20.1 Å². The second-order valence-electron chi connectivity index (χ2n) is 2.83. The van der Waals surface area contributed by atoms with Gasteiger partial charge in [0.1, 0.15) is 0 Å². The highest BCUT2D eigenvalue weighted by molar-refractivity contribution is 9.10. The van der Waals surface area contributed by atoms with Crippen LogP contribution in [-0.2, 0) is 4.84 Å².